The molecule has 2 aromatic rings. The number of thiazole rings is 1. The van der Waals surface area contributed by atoms with E-state index in [1.54, 1.807) is 0 Å². The maximum atomic E-state index is 5.91. The van der Waals surface area contributed by atoms with E-state index in [9.17, 15) is 0 Å². The average molecular weight is 320 g/mol. The third kappa shape index (κ3) is 3.56. The first-order valence-electron chi connectivity index (χ1n) is 7.89. The van der Waals surface area contributed by atoms with Crippen molar-refractivity contribution in [1.29, 1.82) is 0 Å². The molecule has 0 bridgehead atoms. The van der Waals surface area contributed by atoms with E-state index in [0.29, 0.717) is 12.0 Å². The Hall–Kier alpha value is -1.24. The van der Waals surface area contributed by atoms with Gasteiger partial charge in [0, 0.05) is 37.3 Å². The molecular weight excluding hydrogens is 296 g/mol. The minimum Gasteiger partial charge on any atom is -0.372 e. The molecule has 0 unspecified atom stereocenters. The van der Waals surface area contributed by atoms with Gasteiger partial charge in [0.25, 0.3) is 0 Å². The van der Waals surface area contributed by atoms with Crippen LogP contribution in [0.4, 0.5) is 0 Å². The molecule has 3 rings (SSSR count). The highest BCUT2D eigenvalue weighted by Gasteiger charge is 2.25. The summed E-state index contributed by atoms with van der Waals surface area (Å²) in [5, 5.41) is 4.81. The van der Waals surface area contributed by atoms with Gasteiger partial charge >= 0.3 is 0 Å². The van der Waals surface area contributed by atoms with Gasteiger partial charge in [-0.3, -0.25) is 0 Å². The van der Waals surface area contributed by atoms with E-state index >= 15 is 0 Å². The third-order valence-electron chi connectivity index (χ3n) is 4.15. The number of nitrogens with zero attached hydrogens (tertiary/aromatic N) is 3. The zero-order valence-corrected chi connectivity index (χ0v) is 14.3. The van der Waals surface area contributed by atoms with E-state index in [2.05, 4.69) is 29.1 Å². The van der Waals surface area contributed by atoms with Gasteiger partial charge in [-0.05, 0) is 18.8 Å². The average Bonchev–Trinajstić information content (AvgIpc) is 3.14. The number of hydrogen-bond acceptors (Lipinski definition) is 5. The van der Waals surface area contributed by atoms with Crippen LogP contribution >= 0.6 is 11.3 Å². The number of hydrogen-bond donors (Lipinski definition) is 1. The highest BCUT2D eigenvalue weighted by atomic mass is 32.1. The fraction of sp³-hybridized carbons (Fsp3) is 0.625. The number of imidazole rings is 1. The summed E-state index contributed by atoms with van der Waals surface area (Å²) in [6.07, 6.45) is 7.93. The first-order valence-corrected chi connectivity index (χ1v) is 8.71. The topological polar surface area (TPSA) is 52.0 Å². The molecule has 1 fully saturated rings. The molecule has 0 aromatic carbocycles. The molecule has 120 valence electrons. The maximum Gasteiger partial charge on any atom is 0.107 e. The standard InChI is InChI=1S/C16H24N4OS/c1-11(2)15-8-19-16(22-15)9-18-12-4-5-21-14(6-12)13-7-17-10-20(13)3/h7-8,10-12,14,18H,4-6,9H2,1-3H3/t12-,14-/m1/s1. The second-order valence-corrected chi connectivity index (χ2v) is 7.35. The van der Waals surface area contributed by atoms with E-state index in [1.165, 1.54) is 9.88 Å². The Morgan fingerprint density at radius 2 is 2.32 bits per heavy atom. The van der Waals surface area contributed by atoms with Gasteiger partial charge in [-0.15, -0.1) is 11.3 Å². The number of ether oxygens (including phenoxy) is 1. The van der Waals surface area contributed by atoms with Gasteiger partial charge in [0.1, 0.15) is 11.1 Å². The van der Waals surface area contributed by atoms with Crippen LogP contribution in [0.2, 0.25) is 0 Å². The summed E-state index contributed by atoms with van der Waals surface area (Å²) in [5.74, 6) is 0.559. The second kappa shape index (κ2) is 6.89. The lowest BCUT2D eigenvalue weighted by molar-refractivity contribution is -0.00404. The van der Waals surface area contributed by atoms with Gasteiger partial charge in [-0.2, -0.15) is 0 Å². The fourth-order valence-corrected chi connectivity index (χ4v) is 3.64. The summed E-state index contributed by atoms with van der Waals surface area (Å²) in [6, 6.07) is 0.472. The van der Waals surface area contributed by atoms with Gasteiger partial charge in [0.2, 0.25) is 0 Å². The molecule has 1 saturated heterocycles. The van der Waals surface area contributed by atoms with Gasteiger partial charge < -0.3 is 14.6 Å². The van der Waals surface area contributed by atoms with E-state index in [1.807, 2.05) is 41.7 Å². The minimum absolute atomic E-state index is 0.140. The molecule has 0 saturated carbocycles. The fourth-order valence-electron chi connectivity index (χ4n) is 2.77. The molecule has 1 aliphatic rings. The smallest absolute Gasteiger partial charge is 0.107 e. The zero-order valence-electron chi connectivity index (χ0n) is 13.5. The van der Waals surface area contributed by atoms with Crippen molar-refractivity contribution in [2.24, 2.45) is 7.05 Å². The Balaban J connectivity index is 1.55. The molecular formula is C16H24N4OS. The summed E-state index contributed by atoms with van der Waals surface area (Å²) in [6.45, 7) is 6.06. The van der Waals surface area contributed by atoms with Crippen molar-refractivity contribution in [3.63, 3.8) is 0 Å². The SMILES string of the molecule is CC(C)c1cnc(CN[C@@H]2CCO[C@@H](c3cncn3C)C2)s1. The van der Waals surface area contributed by atoms with Crippen LogP contribution in [0, 0.1) is 0 Å². The van der Waals surface area contributed by atoms with Crippen molar-refractivity contribution < 1.29 is 4.74 Å². The number of aryl methyl sites for hydroxylation is 1. The van der Waals surface area contributed by atoms with Crippen molar-refractivity contribution in [2.75, 3.05) is 6.61 Å². The monoisotopic (exact) mass is 320 g/mol. The lowest BCUT2D eigenvalue weighted by Gasteiger charge is -2.30. The lowest BCUT2D eigenvalue weighted by atomic mass is 10.0. The molecule has 2 aromatic heterocycles. The largest absolute Gasteiger partial charge is 0.372 e. The Kier molecular flexibility index (Phi) is 4.90. The van der Waals surface area contributed by atoms with Crippen molar-refractivity contribution in [3.05, 3.63) is 34.3 Å². The summed E-state index contributed by atoms with van der Waals surface area (Å²) in [4.78, 5) is 10.1. The van der Waals surface area contributed by atoms with Crippen molar-refractivity contribution in [3.8, 4) is 0 Å². The van der Waals surface area contributed by atoms with E-state index < -0.39 is 0 Å². The van der Waals surface area contributed by atoms with Gasteiger partial charge in [-0.25, -0.2) is 9.97 Å². The van der Waals surface area contributed by atoms with Crippen LogP contribution in [0.15, 0.2) is 18.7 Å². The first-order chi connectivity index (χ1) is 10.6. The molecule has 5 nitrogen and oxygen atoms in total. The molecule has 3 heterocycles. The number of nitrogens with one attached hydrogen (secondary N) is 1. The second-order valence-electron chi connectivity index (χ2n) is 6.20. The summed E-state index contributed by atoms with van der Waals surface area (Å²) in [7, 11) is 2.02. The molecule has 0 aliphatic carbocycles. The molecule has 1 N–H and O–H groups in total. The van der Waals surface area contributed by atoms with Gasteiger partial charge in [0.05, 0.1) is 18.2 Å². The molecule has 0 amide bonds. The molecule has 6 heteroatoms. The quantitative estimate of drug-likeness (QED) is 0.920. The molecule has 0 spiro atoms. The van der Waals surface area contributed by atoms with Crippen molar-refractivity contribution >= 4 is 11.3 Å². The van der Waals surface area contributed by atoms with Gasteiger partial charge in [0.15, 0.2) is 0 Å². The van der Waals surface area contributed by atoms with Crippen LogP contribution in [0.3, 0.4) is 0 Å². The third-order valence-corrected chi connectivity index (χ3v) is 5.45. The lowest BCUT2D eigenvalue weighted by Crippen LogP contribution is -2.36. The summed E-state index contributed by atoms with van der Waals surface area (Å²) < 4.78 is 7.95. The normalized spacial score (nSPS) is 22.4. The zero-order chi connectivity index (χ0) is 15.5. The van der Waals surface area contributed by atoms with Crippen molar-refractivity contribution in [2.45, 2.75) is 51.3 Å². The number of aromatic nitrogens is 3. The van der Waals surface area contributed by atoms with E-state index in [0.717, 1.165) is 31.7 Å². The summed E-state index contributed by atoms with van der Waals surface area (Å²) in [5.41, 5.74) is 1.16. The van der Waals surface area contributed by atoms with Crippen molar-refractivity contribution in [1.82, 2.24) is 19.9 Å². The Bertz CT molecular complexity index is 607. The molecule has 2 atom stereocenters. The predicted molar refractivity (Wildman–Crippen MR) is 88.0 cm³/mol. The Labute approximate surface area is 135 Å². The van der Waals surface area contributed by atoms with Gasteiger partial charge in [-0.1, -0.05) is 13.8 Å². The Morgan fingerprint density at radius 1 is 1.45 bits per heavy atom. The maximum absolute atomic E-state index is 5.91. The van der Waals surface area contributed by atoms with Crippen LogP contribution < -0.4 is 5.32 Å². The number of rotatable bonds is 5. The van der Waals surface area contributed by atoms with E-state index in [4.69, 9.17) is 4.74 Å². The van der Waals surface area contributed by atoms with Crippen LogP contribution in [0.1, 0.15) is 54.3 Å². The van der Waals surface area contributed by atoms with Crippen LogP contribution in [-0.4, -0.2) is 27.2 Å². The summed E-state index contributed by atoms with van der Waals surface area (Å²) >= 11 is 1.81. The molecule has 0 radical (unpaired) electrons. The molecule has 1 aliphatic heterocycles. The predicted octanol–water partition coefficient (Wildman–Crippen LogP) is 3.01. The Morgan fingerprint density at radius 3 is 3.00 bits per heavy atom. The first kappa shape index (κ1) is 15.6. The molecule has 22 heavy (non-hydrogen) atoms. The van der Waals surface area contributed by atoms with E-state index in [-0.39, 0.29) is 6.10 Å². The van der Waals surface area contributed by atoms with Crippen LogP contribution in [0.5, 0.6) is 0 Å². The van der Waals surface area contributed by atoms with Crippen LogP contribution in [0.25, 0.3) is 0 Å². The highest BCUT2D eigenvalue weighted by molar-refractivity contribution is 7.11. The minimum atomic E-state index is 0.140. The van der Waals surface area contributed by atoms with Crippen LogP contribution in [-0.2, 0) is 18.3 Å². The highest BCUT2D eigenvalue weighted by Crippen LogP contribution is 2.28.